The number of esters is 1. The highest BCUT2D eigenvalue weighted by atomic mass is 35.6. The molecule has 11 heteroatoms. The molecule has 1 aliphatic carbocycles. The number of fused-ring (bicyclic) bond motifs is 3. The number of nitrogens with zero attached hydrogens (tertiary/aromatic N) is 1. The number of carbonyl (C=O) groups excluding carboxylic acids is 3. The largest absolute Gasteiger partial charge is 0.459 e. The Morgan fingerprint density at radius 3 is 2.68 bits per heavy atom. The minimum atomic E-state index is -1.72. The van der Waals surface area contributed by atoms with E-state index in [2.05, 4.69) is 5.32 Å². The third-order valence-electron chi connectivity index (χ3n) is 5.11. The average molecular weight is 482 g/mol. The fourth-order valence-electron chi connectivity index (χ4n) is 3.72. The normalized spacial score (nSPS) is 32.9. The number of halogens is 3. The molecule has 1 saturated carbocycles. The van der Waals surface area contributed by atoms with E-state index in [4.69, 9.17) is 39.5 Å². The minimum absolute atomic E-state index is 0.299. The van der Waals surface area contributed by atoms with Crippen LogP contribution in [0.1, 0.15) is 13.3 Å². The van der Waals surface area contributed by atoms with Crippen molar-refractivity contribution in [3.05, 3.63) is 30.3 Å². The summed E-state index contributed by atoms with van der Waals surface area (Å²) in [5.74, 6) is -0.875. The van der Waals surface area contributed by atoms with Crippen LogP contribution >= 0.6 is 58.3 Å². The molecule has 1 aromatic rings. The first kappa shape index (κ1) is 20.5. The topological polar surface area (TPSA) is 75.7 Å². The fourth-order valence-corrected chi connectivity index (χ4v) is 6.49. The third kappa shape index (κ3) is 3.27. The van der Waals surface area contributed by atoms with Gasteiger partial charge in [0, 0.05) is 11.3 Å². The molecule has 0 radical (unpaired) electrons. The first-order chi connectivity index (χ1) is 13.1. The van der Waals surface area contributed by atoms with Crippen LogP contribution in [0.25, 0.3) is 0 Å². The first-order valence-corrected chi connectivity index (χ1v) is 11.2. The van der Waals surface area contributed by atoms with Gasteiger partial charge in [-0.25, -0.2) is 4.79 Å². The summed E-state index contributed by atoms with van der Waals surface area (Å²) in [5, 5.41) is 2.12. The predicted octanol–water partition coefficient (Wildman–Crippen LogP) is 3.59. The van der Waals surface area contributed by atoms with E-state index in [1.54, 1.807) is 0 Å². The van der Waals surface area contributed by atoms with Crippen molar-refractivity contribution in [2.75, 3.05) is 6.61 Å². The molecule has 3 fully saturated rings. The molecule has 4 rings (SSSR count). The van der Waals surface area contributed by atoms with Crippen LogP contribution in [0.15, 0.2) is 35.2 Å². The van der Waals surface area contributed by atoms with Crippen molar-refractivity contribution >= 4 is 75.4 Å². The molecule has 2 amide bonds. The molecule has 0 spiro atoms. The number of thioether (sulfide) groups is 2. The van der Waals surface area contributed by atoms with E-state index in [1.807, 2.05) is 37.3 Å². The van der Waals surface area contributed by atoms with Crippen LogP contribution < -0.4 is 5.32 Å². The minimum Gasteiger partial charge on any atom is -0.459 e. The standard InChI is InChI=1S/C17H15Cl3N2O4S2/c1-15-7-16(15,13(24)26-8-17(18,19)20)22-11(23)10(12(22)28-15)21-14(25)27-9-5-3-2-4-6-9/h2-6,10,12H,7-8H2,1H3,(H,21,25)/t10?,12-,15?,16?/m0/s1. The lowest BCUT2D eigenvalue weighted by Gasteiger charge is -2.46. The number of alkyl halides is 3. The summed E-state index contributed by atoms with van der Waals surface area (Å²) in [6.45, 7) is 1.51. The van der Waals surface area contributed by atoms with Gasteiger partial charge in [-0.2, -0.15) is 0 Å². The number of nitrogens with one attached hydrogen (secondary N) is 1. The Bertz CT molecular complexity index is 853. The molecule has 1 aromatic carbocycles. The van der Waals surface area contributed by atoms with Gasteiger partial charge >= 0.3 is 5.97 Å². The molecule has 0 bridgehead atoms. The van der Waals surface area contributed by atoms with Crippen LogP contribution in [0.4, 0.5) is 4.79 Å². The van der Waals surface area contributed by atoms with E-state index in [9.17, 15) is 14.4 Å². The zero-order chi connectivity index (χ0) is 20.3. The third-order valence-corrected chi connectivity index (χ3v) is 7.98. The number of hydrogen-bond acceptors (Lipinski definition) is 6. The van der Waals surface area contributed by atoms with Crippen molar-refractivity contribution in [1.29, 1.82) is 0 Å². The first-order valence-electron chi connectivity index (χ1n) is 8.36. The summed E-state index contributed by atoms with van der Waals surface area (Å²) in [6, 6.07) is 8.49. The van der Waals surface area contributed by atoms with Gasteiger partial charge in [-0.05, 0) is 30.8 Å². The highest BCUT2D eigenvalue weighted by Crippen LogP contribution is 2.72. The highest BCUT2D eigenvalue weighted by molar-refractivity contribution is 8.13. The van der Waals surface area contributed by atoms with Crippen LogP contribution in [-0.4, -0.2) is 54.1 Å². The number of amides is 2. The fraction of sp³-hybridized carbons (Fsp3) is 0.471. The quantitative estimate of drug-likeness (QED) is 0.307. The van der Waals surface area contributed by atoms with Gasteiger partial charge in [-0.15, -0.1) is 11.8 Å². The molecule has 2 saturated heterocycles. The zero-order valence-corrected chi connectivity index (χ0v) is 18.4. The van der Waals surface area contributed by atoms with Crippen LogP contribution in [-0.2, 0) is 14.3 Å². The van der Waals surface area contributed by atoms with Crippen LogP contribution in [0, 0.1) is 0 Å². The smallest absolute Gasteiger partial charge is 0.333 e. The van der Waals surface area contributed by atoms with Crippen molar-refractivity contribution in [3.63, 3.8) is 0 Å². The maximum atomic E-state index is 12.7. The number of ether oxygens (including phenoxy) is 1. The molecule has 3 unspecified atom stereocenters. The molecule has 6 nitrogen and oxygen atoms in total. The second-order valence-corrected chi connectivity index (χ2v) is 12.2. The lowest BCUT2D eigenvalue weighted by molar-refractivity contribution is -0.165. The number of β-lactam (4-membered cyclic amide) rings is 1. The van der Waals surface area contributed by atoms with E-state index in [1.165, 1.54) is 16.7 Å². The molecular formula is C17H15Cl3N2O4S2. The Balaban J connectivity index is 1.41. The average Bonchev–Trinajstić information content (AvgIpc) is 3.15. The number of carbonyl (C=O) groups is 3. The molecule has 1 N–H and O–H groups in total. The molecule has 150 valence electrons. The molecule has 3 aliphatic rings. The van der Waals surface area contributed by atoms with Gasteiger partial charge in [0.25, 0.3) is 5.24 Å². The Kier molecular flexibility index (Phi) is 5.03. The van der Waals surface area contributed by atoms with Crippen molar-refractivity contribution in [1.82, 2.24) is 10.2 Å². The van der Waals surface area contributed by atoms with E-state index >= 15 is 0 Å². The van der Waals surface area contributed by atoms with Crippen molar-refractivity contribution < 1.29 is 19.1 Å². The van der Waals surface area contributed by atoms with Gasteiger partial charge in [0.05, 0.1) is 4.75 Å². The lowest BCUT2D eigenvalue weighted by Crippen LogP contribution is -2.71. The number of hydrogen-bond donors (Lipinski definition) is 1. The molecule has 2 heterocycles. The molecule has 0 aromatic heterocycles. The monoisotopic (exact) mass is 480 g/mol. The van der Waals surface area contributed by atoms with Crippen LogP contribution in [0.2, 0.25) is 0 Å². The van der Waals surface area contributed by atoms with Gasteiger partial charge in [0.1, 0.15) is 18.0 Å². The summed E-state index contributed by atoms with van der Waals surface area (Å²) in [5.41, 5.74) is -1.05. The summed E-state index contributed by atoms with van der Waals surface area (Å²) in [7, 11) is 0. The molecule has 28 heavy (non-hydrogen) atoms. The highest BCUT2D eigenvalue weighted by Gasteiger charge is 2.85. The lowest BCUT2D eigenvalue weighted by atomic mass is 10.0. The van der Waals surface area contributed by atoms with Crippen LogP contribution in [0.5, 0.6) is 0 Å². The van der Waals surface area contributed by atoms with Crippen LogP contribution in [0.3, 0.4) is 0 Å². The molecule has 4 atom stereocenters. The molecular weight excluding hydrogens is 467 g/mol. The summed E-state index contributed by atoms with van der Waals surface area (Å²) >= 11 is 19.5. The van der Waals surface area contributed by atoms with Gasteiger partial charge in [-0.3, -0.25) is 9.59 Å². The maximum absolute atomic E-state index is 12.7. The number of benzene rings is 1. The Morgan fingerprint density at radius 1 is 1.36 bits per heavy atom. The number of rotatable bonds is 4. The summed E-state index contributed by atoms with van der Waals surface area (Å²) in [4.78, 5) is 40.0. The predicted molar refractivity (Wildman–Crippen MR) is 110 cm³/mol. The maximum Gasteiger partial charge on any atom is 0.333 e. The Labute approximate surface area is 184 Å². The Morgan fingerprint density at radius 2 is 2.04 bits per heavy atom. The summed E-state index contributed by atoms with van der Waals surface area (Å²) in [6.07, 6.45) is 0.477. The van der Waals surface area contributed by atoms with Crippen molar-refractivity contribution in [2.45, 2.75) is 43.7 Å². The summed E-state index contributed by atoms with van der Waals surface area (Å²) < 4.78 is 2.98. The van der Waals surface area contributed by atoms with Crippen molar-refractivity contribution in [2.24, 2.45) is 0 Å². The Hall–Kier alpha value is -0.800. The van der Waals surface area contributed by atoms with Gasteiger partial charge in [0.15, 0.2) is 5.54 Å². The zero-order valence-electron chi connectivity index (χ0n) is 14.5. The van der Waals surface area contributed by atoms with E-state index in [0.717, 1.165) is 16.7 Å². The van der Waals surface area contributed by atoms with E-state index < -0.39 is 26.1 Å². The van der Waals surface area contributed by atoms with Gasteiger partial charge in [-0.1, -0.05) is 53.0 Å². The second kappa shape index (κ2) is 6.87. The van der Waals surface area contributed by atoms with Crippen molar-refractivity contribution in [3.8, 4) is 0 Å². The SMILES string of the molecule is CC12CC1(C(=O)OCC(Cl)(Cl)Cl)N1C(=O)C(NC(=O)Sc3ccccc3)[C@@H]1S2. The van der Waals surface area contributed by atoms with Gasteiger partial charge in [0.2, 0.25) is 9.70 Å². The second-order valence-electron chi connectivity index (χ2n) is 7.00. The van der Waals surface area contributed by atoms with Gasteiger partial charge < -0.3 is 15.0 Å². The van der Waals surface area contributed by atoms with E-state index in [-0.39, 0.29) is 23.1 Å². The van der Waals surface area contributed by atoms with E-state index in [0.29, 0.717) is 6.42 Å². The molecule has 2 aliphatic heterocycles.